The molecule has 0 amide bonds. The van der Waals surface area contributed by atoms with Crippen LogP contribution in [0.15, 0.2) is 50.1 Å². The van der Waals surface area contributed by atoms with Crippen LogP contribution >= 0.6 is 0 Å². The highest BCUT2D eigenvalue weighted by molar-refractivity contribution is 7.90. The molecule has 5 heterocycles. The highest BCUT2D eigenvalue weighted by Crippen LogP contribution is 2.33. The van der Waals surface area contributed by atoms with Crippen LogP contribution in [0.2, 0.25) is 0 Å². The summed E-state index contributed by atoms with van der Waals surface area (Å²) in [6, 6.07) is 1.53. The van der Waals surface area contributed by atoms with Gasteiger partial charge in [0.15, 0.2) is 67.2 Å². The van der Waals surface area contributed by atoms with E-state index >= 15 is 0 Å². The van der Waals surface area contributed by atoms with E-state index in [1.54, 1.807) is 20.9 Å². The van der Waals surface area contributed by atoms with Crippen LogP contribution in [0.5, 0.6) is 0 Å². The number of sulfone groups is 1. The van der Waals surface area contributed by atoms with Crippen LogP contribution in [-0.2, 0) is 40.8 Å². The van der Waals surface area contributed by atoms with Crippen LogP contribution in [0.1, 0.15) is 17.0 Å². The van der Waals surface area contributed by atoms with Gasteiger partial charge in [-0.05, 0) is 13.8 Å². The third-order valence-corrected chi connectivity index (χ3v) is 7.87. The third-order valence-electron chi connectivity index (χ3n) is 6.22. The average molecular weight is 643 g/mol. The van der Waals surface area contributed by atoms with Gasteiger partial charge in [0.25, 0.3) is 0 Å². The van der Waals surface area contributed by atoms with E-state index in [1.807, 2.05) is 0 Å². The first-order valence-electron chi connectivity index (χ1n) is 12.4. The van der Waals surface area contributed by atoms with Gasteiger partial charge in [-0.2, -0.15) is 29.8 Å². The minimum absolute atomic E-state index is 0.0313. The van der Waals surface area contributed by atoms with E-state index in [0.717, 1.165) is 6.26 Å². The van der Waals surface area contributed by atoms with E-state index in [0.29, 0.717) is 17.0 Å². The minimum atomic E-state index is -3.60. The standard InChI is InChI=1S/C22H26N16O4S2/c1-11-17(29-31-21-13(9-43(39)40)7-27-35(21)3)19(23)37(33-11)15-6-16(26-10-25-15)38-20(24)18(12(2)34-38)30-32-22-14(44(5,41)42)8-28-36(22)4/h6-8,10H,9,23-24H2,1-5H3,(H,39,40). The van der Waals surface area contributed by atoms with Crippen molar-refractivity contribution in [2.75, 3.05) is 17.7 Å². The van der Waals surface area contributed by atoms with Gasteiger partial charge >= 0.3 is 0 Å². The van der Waals surface area contributed by atoms with Gasteiger partial charge in [0.1, 0.15) is 11.2 Å². The fourth-order valence-electron chi connectivity index (χ4n) is 4.06. The van der Waals surface area contributed by atoms with Crippen molar-refractivity contribution in [1.29, 1.82) is 0 Å². The topological polar surface area (TPSA) is 270 Å². The van der Waals surface area contributed by atoms with Crippen molar-refractivity contribution < 1.29 is 17.2 Å². The number of aryl methyl sites for hydroxylation is 4. The molecule has 0 fully saturated rings. The molecule has 22 heteroatoms. The molecular weight excluding hydrogens is 616 g/mol. The smallest absolute Gasteiger partial charge is 0.191 e. The first kappa shape index (κ1) is 30.2. The molecule has 1 unspecified atom stereocenters. The van der Waals surface area contributed by atoms with Gasteiger partial charge in [0.2, 0.25) is 0 Å². The van der Waals surface area contributed by atoms with E-state index in [1.165, 1.54) is 50.6 Å². The van der Waals surface area contributed by atoms with Crippen LogP contribution in [0.25, 0.3) is 11.6 Å². The fraction of sp³-hybridized carbons (Fsp3) is 0.273. The number of hydrogen-bond acceptors (Lipinski definition) is 15. The Morgan fingerprint density at radius 2 is 1.36 bits per heavy atom. The lowest BCUT2D eigenvalue weighted by molar-refractivity contribution is 0.563. The van der Waals surface area contributed by atoms with Crippen LogP contribution in [0.4, 0.5) is 34.6 Å². The number of hydrogen-bond donors (Lipinski definition) is 3. The zero-order valence-corrected chi connectivity index (χ0v) is 25.6. The van der Waals surface area contributed by atoms with Gasteiger partial charge < -0.3 is 16.0 Å². The van der Waals surface area contributed by atoms with Gasteiger partial charge in [-0.1, -0.05) is 0 Å². The summed E-state index contributed by atoms with van der Waals surface area (Å²) < 4.78 is 50.1. The van der Waals surface area contributed by atoms with Crippen molar-refractivity contribution in [1.82, 2.24) is 49.1 Å². The van der Waals surface area contributed by atoms with E-state index in [9.17, 15) is 17.2 Å². The molecule has 0 bridgehead atoms. The Morgan fingerprint density at radius 3 is 1.89 bits per heavy atom. The maximum absolute atomic E-state index is 12.1. The number of anilines is 2. The molecule has 5 aromatic rings. The molecule has 0 saturated carbocycles. The Morgan fingerprint density at radius 1 is 0.864 bits per heavy atom. The number of rotatable bonds is 9. The molecule has 230 valence electrons. The lowest BCUT2D eigenvalue weighted by Crippen LogP contribution is -2.09. The minimum Gasteiger partial charge on any atom is -0.382 e. The van der Waals surface area contributed by atoms with Crippen molar-refractivity contribution in [2.45, 2.75) is 24.5 Å². The van der Waals surface area contributed by atoms with Crippen molar-refractivity contribution >= 4 is 55.6 Å². The summed E-state index contributed by atoms with van der Waals surface area (Å²) >= 11 is -2.09. The van der Waals surface area contributed by atoms with Crippen molar-refractivity contribution in [3.8, 4) is 11.6 Å². The number of aromatic nitrogens is 10. The molecule has 5 N–H and O–H groups in total. The van der Waals surface area contributed by atoms with Crippen molar-refractivity contribution in [3.63, 3.8) is 0 Å². The molecule has 0 aliphatic carbocycles. The lowest BCUT2D eigenvalue weighted by atomic mass is 10.4. The van der Waals surface area contributed by atoms with Crippen LogP contribution in [-0.4, -0.2) is 72.5 Å². The monoisotopic (exact) mass is 642 g/mol. The van der Waals surface area contributed by atoms with Gasteiger partial charge in [-0.3, -0.25) is 0 Å². The van der Waals surface area contributed by atoms with E-state index in [-0.39, 0.29) is 56.9 Å². The Balaban J connectivity index is 1.47. The summed E-state index contributed by atoms with van der Waals surface area (Å²) in [6.45, 7) is 3.34. The zero-order valence-electron chi connectivity index (χ0n) is 23.9. The molecule has 0 aliphatic rings. The molecule has 0 aliphatic heterocycles. The van der Waals surface area contributed by atoms with E-state index in [2.05, 4.69) is 50.8 Å². The summed E-state index contributed by atoms with van der Waals surface area (Å²) in [5, 5.41) is 33.5. The number of nitrogens with zero attached hydrogens (tertiary/aromatic N) is 14. The molecule has 44 heavy (non-hydrogen) atoms. The number of nitrogens with two attached hydrogens (primary N) is 2. The average Bonchev–Trinajstić information content (AvgIpc) is 3.66. The second-order valence-corrected chi connectivity index (χ2v) is 12.3. The second kappa shape index (κ2) is 11.5. The molecule has 5 rings (SSSR count). The van der Waals surface area contributed by atoms with Gasteiger partial charge in [0.05, 0.1) is 29.5 Å². The first-order chi connectivity index (χ1) is 20.8. The zero-order chi connectivity index (χ0) is 31.9. The normalized spacial score (nSPS) is 13.0. The molecule has 20 nitrogen and oxygen atoms in total. The summed E-state index contributed by atoms with van der Waals surface area (Å²) in [5.41, 5.74) is 14.4. The quantitative estimate of drug-likeness (QED) is 0.154. The predicted molar refractivity (Wildman–Crippen MR) is 157 cm³/mol. The summed E-state index contributed by atoms with van der Waals surface area (Å²) in [7, 11) is -0.431. The Bertz CT molecular complexity index is 2090. The van der Waals surface area contributed by atoms with Crippen LogP contribution in [0.3, 0.4) is 0 Å². The molecule has 5 aromatic heterocycles. The molecule has 1 atom stereocenters. The fourth-order valence-corrected chi connectivity index (χ4v) is 5.27. The predicted octanol–water partition coefficient (Wildman–Crippen LogP) is 2.05. The summed E-state index contributed by atoms with van der Waals surface area (Å²) in [6.07, 6.45) is 4.95. The van der Waals surface area contributed by atoms with Crippen LogP contribution < -0.4 is 11.5 Å². The number of azo groups is 2. The van der Waals surface area contributed by atoms with Crippen molar-refractivity contribution in [3.05, 3.63) is 41.7 Å². The van der Waals surface area contributed by atoms with Crippen LogP contribution in [0, 0.1) is 13.8 Å². The van der Waals surface area contributed by atoms with Crippen molar-refractivity contribution in [2.24, 2.45) is 34.6 Å². The maximum atomic E-state index is 12.1. The van der Waals surface area contributed by atoms with E-state index < -0.39 is 20.9 Å². The highest BCUT2D eigenvalue weighted by Gasteiger charge is 2.21. The lowest BCUT2D eigenvalue weighted by Gasteiger charge is -2.06. The largest absolute Gasteiger partial charge is 0.382 e. The second-order valence-electron chi connectivity index (χ2n) is 9.41. The Kier molecular flexibility index (Phi) is 7.88. The summed E-state index contributed by atoms with van der Waals surface area (Å²) in [4.78, 5) is 8.44. The Labute approximate surface area is 251 Å². The molecule has 0 radical (unpaired) electrons. The first-order valence-corrected chi connectivity index (χ1v) is 15.6. The Hall–Kier alpha value is -5.22. The summed E-state index contributed by atoms with van der Waals surface area (Å²) in [5.74, 6) is 0.861. The van der Waals surface area contributed by atoms with Gasteiger partial charge in [-0.15, -0.1) is 20.5 Å². The molecule has 0 spiro atoms. The van der Waals surface area contributed by atoms with Gasteiger partial charge in [-0.25, -0.2) is 32.0 Å². The molecule has 0 saturated heterocycles. The third kappa shape index (κ3) is 5.71. The van der Waals surface area contributed by atoms with E-state index in [4.69, 9.17) is 11.5 Å². The maximum Gasteiger partial charge on any atom is 0.191 e. The molecular formula is C22H26N16O4S2. The number of nitrogen functional groups attached to an aromatic ring is 2. The highest BCUT2D eigenvalue weighted by atomic mass is 32.2. The van der Waals surface area contributed by atoms with Gasteiger partial charge in [0, 0.05) is 32.0 Å². The molecule has 0 aromatic carbocycles. The SMILES string of the molecule is Cc1nn(-c2cc(-n3nc(C)c(N=Nc4c(S(C)(=O)=O)cnn4C)c3N)ncn2)c(N)c1N=Nc1c(CS(=O)O)cnn1C.